The van der Waals surface area contributed by atoms with E-state index in [-0.39, 0.29) is 52.1 Å². The van der Waals surface area contributed by atoms with Crippen LogP contribution in [-0.4, -0.2) is 82.8 Å². The normalized spacial score (nSPS) is 27.6. The summed E-state index contributed by atoms with van der Waals surface area (Å²) in [7, 11) is -3.70. The monoisotopic (exact) mass is 658 g/mol. The predicted molar refractivity (Wildman–Crippen MR) is 184 cm³/mol. The van der Waals surface area contributed by atoms with Gasteiger partial charge in [-0.25, -0.2) is 0 Å². The zero-order valence-electron chi connectivity index (χ0n) is 30.8. The molecule has 0 aromatic carbocycles. The molecule has 0 aromatic rings. The Labute approximate surface area is 271 Å². The molecule has 2 fully saturated rings. The maximum Gasteiger partial charge on any atom is 0.192 e. The van der Waals surface area contributed by atoms with Crippen molar-refractivity contribution in [3.05, 3.63) is 25.3 Å². The van der Waals surface area contributed by atoms with E-state index in [4.69, 9.17) is 27.8 Å². The van der Waals surface area contributed by atoms with E-state index in [0.29, 0.717) is 13.2 Å². The number of ether oxygens (including phenoxy) is 4. The molecule has 0 saturated carbocycles. The summed E-state index contributed by atoms with van der Waals surface area (Å²) in [5, 5.41) is 10.3. The molecule has 0 aromatic heterocycles. The number of allylic oxidation sites excluding steroid dienone is 1. The molecule has 2 aliphatic heterocycles. The van der Waals surface area contributed by atoms with Crippen molar-refractivity contribution in [2.24, 2.45) is 11.8 Å². The number of aliphatic hydroxyl groups is 1. The Kier molecular flexibility index (Phi) is 14.1. The molecule has 0 bridgehead atoms. The largest absolute Gasteiger partial charge is 0.414 e. The molecule has 0 radical (unpaired) electrons. The van der Waals surface area contributed by atoms with Crippen LogP contribution in [0.5, 0.6) is 0 Å². The van der Waals surface area contributed by atoms with Crippen molar-refractivity contribution in [2.75, 3.05) is 13.2 Å². The van der Waals surface area contributed by atoms with Gasteiger partial charge in [0.2, 0.25) is 0 Å². The second-order valence-corrected chi connectivity index (χ2v) is 26.0. The van der Waals surface area contributed by atoms with Crippen LogP contribution >= 0.6 is 0 Å². The third-order valence-corrected chi connectivity index (χ3v) is 18.7. The standard InChI is InChI=1S/C17H34O4Si.C17H32O4Si/c2*1-10-13(18)12(2)15-14(20-17(6,7)21-15)11-19-22(8,9)16(3,4)5/h10,12-15,18H,1,11H2,2-9H3;10,12,14-15H,1,11H2,2-9H3/t12-,13-,14-,15+;12-,14-,15+/m00/s1. The number of hydrogen-bond donors (Lipinski definition) is 1. The molecule has 2 heterocycles. The molecular formula is C34H66O8Si2. The van der Waals surface area contributed by atoms with E-state index in [1.807, 2.05) is 41.5 Å². The van der Waals surface area contributed by atoms with Gasteiger partial charge < -0.3 is 32.9 Å². The number of carbonyl (C=O) groups excluding carboxylic acids is 1. The van der Waals surface area contributed by atoms with Crippen LogP contribution in [-0.2, 0) is 32.6 Å². The van der Waals surface area contributed by atoms with Gasteiger partial charge in [-0.15, -0.1) is 6.58 Å². The van der Waals surface area contributed by atoms with Crippen molar-refractivity contribution >= 4 is 22.4 Å². The topological polar surface area (TPSA) is 92.7 Å². The Morgan fingerprint density at radius 2 is 1.16 bits per heavy atom. The lowest BCUT2D eigenvalue weighted by Crippen LogP contribution is -2.45. The fourth-order valence-electron chi connectivity index (χ4n) is 4.62. The fraction of sp³-hybridized carbons (Fsp3) is 0.853. The second-order valence-electron chi connectivity index (χ2n) is 16.4. The lowest BCUT2D eigenvalue weighted by Gasteiger charge is -2.37. The van der Waals surface area contributed by atoms with Gasteiger partial charge in [0.1, 0.15) is 12.2 Å². The van der Waals surface area contributed by atoms with Crippen LogP contribution in [0.25, 0.3) is 0 Å². The van der Waals surface area contributed by atoms with E-state index in [2.05, 4.69) is 80.9 Å². The quantitative estimate of drug-likeness (QED) is 0.130. The Morgan fingerprint density at radius 3 is 1.50 bits per heavy atom. The molecule has 0 amide bonds. The van der Waals surface area contributed by atoms with Gasteiger partial charge in [-0.1, -0.05) is 68.0 Å². The van der Waals surface area contributed by atoms with Crippen LogP contribution < -0.4 is 0 Å². The molecule has 8 nitrogen and oxygen atoms in total. The van der Waals surface area contributed by atoms with Crippen molar-refractivity contribution in [3.8, 4) is 0 Å². The summed E-state index contributed by atoms with van der Waals surface area (Å²) in [6.07, 6.45) is 1.38. The van der Waals surface area contributed by atoms with Crippen LogP contribution in [0.4, 0.5) is 0 Å². The molecule has 10 heteroatoms. The van der Waals surface area contributed by atoms with Gasteiger partial charge in [0, 0.05) is 11.8 Å². The summed E-state index contributed by atoms with van der Waals surface area (Å²) >= 11 is 0. The fourth-order valence-corrected chi connectivity index (χ4v) is 6.65. The van der Waals surface area contributed by atoms with Crippen molar-refractivity contribution in [1.29, 1.82) is 0 Å². The van der Waals surface area contributed by atoms with Crippen molar-refractivity contribution in [1.82, 2.24) is 0 Å². The lowest BCUT2D eigenvalue weighted by molar-refractivity contribution is -0.154. The maximum atomic E-state index is 11.9. The van der Waals surface area contributed by atoms with Gasteiger partial charge in [0.25, 0.3) is 0 Å². The number of rotatable bonds is 12. The predicted octanol–water partition coefficient (Wildman–Crippen LogP) is 7.63. The number of carbonyl (C=O) groups is 1. The Balaban J connectivity index is 0.000000440. The molecule has 0 unspecified atom stereocenters. The first-order valence-corrected chi connectivity index (χ1v) is 21.9. The van der Waals surface area contributed by atoms with Crippen LogP contribution in [0.2, 0.25) is 36.3 Å². The summed E-state index contributed by atoms with van der Waals surface area (Å²) in [5.41, 5.74) is 0. The van der Waals surface area contributed by atoms with Crippen molar-refractivity contribution in [3.63, 3.8) is 0 Å². The van der Waals surface area contributed by atoms with Crippen LogP contribution in [0.15, 0.2) is 25.3 Å². The van der Waals surface area contributed by atoms with Gasteiger partial charge in [-0.2, -0.15) is 0 Å². The first kappa shape index (κ1) is 41.3. The molecule has 0 spiro atoms. The molecule has 2 rings (SSSR count). The van der Waals surface area contributed by atoms with E-state index in [1.54, 1.807) is 6.08 Å². The Morgan fingerprint density at radius 1 is 0.795 bits per heavy atom. The van der Waals surface area contributed by atoms with E-state index >= 15 is 0 Å². The summed E-state index contributed by atoms with van der Waals surface area (Å²) in [4.78, 5) is 11.9. The lowest BCUT2D eigenvalue weighted by atomic mass is 9.94. The average molecular weight is 659 g/mol. The number of hydrogen-bond acceptors (Lipinski definition) is 8. The highest BCUT2D eigenvalue weighted by molar-refractivity contribution is 6.74. The van der Waals surface area contributed by atoms with E-state index in [9.17, 15) is 9.90 Å². The highest BCUT2D eigenvalue weighted by Crippen LogP contribution is 2.40. The minimum absolute atomic E-state index is 0.0244. The van der Waals surface area contributed by atoms with Gasteiger partial charge in [-0.3, -0.25) is 4.79 Å². The van der Waals surface area contributed by atoms with Crippen molar-refractivity contribution < 1.29 is 37.7 Å². The van der Waals surface area contributed by atoms with Gasteiger partial charge in [0.15, 0.2) is 34.0 Å². The molecular weight excluding hydrogens is 593 g/mol. The SMILES string of the molecule is C=CC(=O)[C@H](C)[C@H]1OC(C)(C)O[C@H]1CO[Si](C)(C)C(C)(C)C.C=C[C@H](O)[C@H](C)[C@H]1OC(C)(C)O[C@H]1CO[Si](C)(C)C(C)(C)C. The molecule has 1 N–H and O–H groups in total. The highest BCUT2D eigenvalue weighted by atomic mass is 28.4. The average Bonchev–Trinajstić information content (AvgIpc) is 3.37. The van der Waals surface area contributed by atoms with Gasteiger partial charge >= 0.3 is 0 Å². The Bertz CT molecular complexity index is 963. The smallest absolute Gasteiger partial charge is 0.192 e. The van der Waals surface area contributed by atoms with Gasteiger partial charge in [0.05, 0.1) is 31.5 Å². The molecule has 44 heavy (non-hydrogen) atoms. The summed E-state index contributed by atoms with van der Waals surface area (Å²) in [6.45, 7) is 41.7. The summed E-state index contributed by atoms with van der Waals surface area (Å²) < 4.78 is 36.5. The molecule has 0 aliphatic carbocycles. The third-order valence-electron chi connectivity index (χ3n) is 9.71. The first-order valence-electron chi connectivity index (χ1n) is 16.1. The minimum atomic E-state index is -1.86. The van der Waals surface area contributed by atoms with Crippen molar-refractivity contribution in [2.45, 2.75) is 161 Å². The third kappa shape index (κ3) is 11.2. The molecule has 2 aliphatic rings. The second kappa shape index (κ2) is 15.0. The summed E-state index contributed by atoms with van der Waals surface area (Å²) in [5.74, 6) is -1.74. The zero-order chi connectivity index (χ0) is 34.7. The van der Waals surface area contributed by atoms with E-state index < -0.39 is 34.3 Å². The molecule has 7 atom stereocenters. The molecule has 2 saturated heterocycles. The molecule has 258 valence electrons. The van der Waals surface area contributed by atoms with E-state index in [1.165, 1.54) is 6.08 Å². The zero-order valence-corrected chi connectivity index (χ0v) is 32.8. The maximum absolute atomic E-state index is 11.9. The Hall–Kier alpha value is -0.696. The van der Waals surface area contributed by atoms with E-state index in [0.717, 1.165) is 0 Å². The van der Waals surface area contributed by atoms with Crippen LogP contribution in [0, 0.1) is 11.8 Å². The first-order chi connectivity index (χ1) is 19.6. The highest BCUT2D eigenvalue weighted by Gasteiger charge is 2.48. The van der Waals surface area contributed by atoms with Gasteiger partial charge in [-0.05, 0) is 70.0 Å². The number of aliphatic hydroxyl groups excluding tert-OH is 1. The number of ketones is 1. The summed E-state index contributed by atoms with van der Waals surface area (Å²) in [6, 6.07) is 0. The van der Waals surface area contributed by atoms with Crippen LogP contribution in [0.3, 0.4) is 0 Å². The minimum Gasteiger partial charge on any atom is -0.414 e. The van der Waals surface area contributed by atoms with Crippen LogP contribution in [0.1, 0.15) is 83.1 Å².